The number of aryl methyl sites for hydroxylation is 3. The van der Waals surface area contributed by atoms with Gasteiger partial charge in [-0.1, -0.05) is 0 Å². The van der Waals surface area contributed by atoms with Gasteiger partial charge in [-0.05, 0) is 43.5 Å². The average molecular weight is 323 g/mol. The van der Waals surface area contributed by atoms with E-state index in [1.165, 1.54) is 11.1 Å². The molecule has 0 saturated carbocycles. The van der Waals surface area contributed by atoms with E-state index in [2.05, 4.69) is 34.8 Å². The second kappa shape index (κ2) is 5.82. The van der Waals surface area contributed by atoms with E-state index in [0.717, 1.165) is 41.7 Å². The molecule has 0 aliphatic carbocycles. The van der Waals surface area contributed by atoms with Gasteiger partial charge in [-0.3, -0.25) is 4.79 Å². The number of nitrogens with zero attached hydrogens (tertiary/aromatic N) is 2. The third-order valence-electron chi connectivity index (χ3n) is 4.92. The van der Waals surface area contributed by atoms with Crippen LogP contribution in [0.15, 0.2) is 35.2 Å². The van der Waals surface area contributed by atoms with E-state index in [1.807, 2.05) is 18.5 Å². The molecule has 1 N–H and O–H groups in total. The third kappa shape index (κ3) is 2.70. The lowest BCUT2D eigenvalue weighted by Crippen LogP contribution is -2.41. The number of furan rings is 1. The fraction of sp³-hybridized carbons (Fsp3) is 0.368. The standard InChI is InChI=1S/C19H21N3O2/c1-12-7-16-14(11-24-17(16)8-13(12)2)9-19(23)21-15-3-4-18-20-5-6-22(18)10-15/h5-8,11,15H,3-4,9-10H2,1-2H3,(H,21,23)/t15-/m1/s1. The highest BCUT2D eigenvalue weighted by atomic mass is 16.3. The molecule has 0 unspecified atom stereocenters. The Labute approximate surface area is 140 Å². The topological polar surface area (TPSA) is 60.1 Å². The highest BCUT2D eigenvalue weighted by Crippen LogP contribution is 2.25. The first-order valence-corrected chi connectivity index (χ1v) is 8.37. The Morgan fingerprint density at radius 1 is 1.38 bits per heavy atom. The van der Waals surface area contributed by atoms with Crippen LogP contribution in [0.25, 0.3) is 11.0 Å². The molecule has 1 atom stereocenters. The molecule has 3 heterocycles. The number of fused-ring (bicyclic) bond motifs is 2. The SMILES string of the molecule is Cc1cc2occ(CC(=O)N[C@@H]3CCc4nccn4C3)c2cc1C. The van der Waals surface area contributed by atoms with Gasteiger partial charge in [0.15, 0.2) is 0 Å². The largest absolute Gasteiger partial charge is 0.464 e. The van der Waals surface area contributed by atoms with Gasteiger partial charge in [0.1, 0.15) is 11.4 Å². The molecule has 5 nitrogen and oxygen atoms in total. The van der Waals surface area contributed by atoms with Crippen LogP contribution in [0, 0.1) is 13.8 Å². The van der Waals surface area contributed by atoms with Crippen molar-refractivity contribution in [3.8, 4) is 0 Å². The van der Waals surface area contributed by atoms with E-state index in [1.54, 1.807) is 6.26 Å². The van der Waals surface area contributed by atoms with Gasteiger partial charge in [0.05, 0.1) is 12.7 Å². The number of benzene rings is 1. The zero-order valence-electron chi connectivity index (χ0n) is 14.0. The monoisotopic (exact) mass is 323 g/mol. The lowest BCUT2D eigenvalue weighted by molar-refractivity contribution is -0.121. The molecule has 24 heavy (non-hydrogen) atoms. The molecule has 1 aromatic carbocycles. The van der Waals surface area contributed by atoms with Crippen molar-refractivity contribution < 1.29 is 9.21 Å². The minimum absolute atomic E-state index is 0.0458. The van der Waals surface area contributed by atoms with Crippen LogP contribution in [-0.4, -0.2) is 21.5 Å². The summed E-state index contributed by atoms with van der Waals surface area (Å²) in [5.74, 6) is 1.15. The summed E-state index contributed by atoms with van der Waals surface area (Å²) in [6.07, 6.45) is 7.70. The summed E-state index contributed by atoms with van der Waals surface area (Å²) in [5, 5.41) is 4.19. The van der Waals surface area contributed by atoms with Crippen molar-refractivity contribution in [3.05, 3.63) is 53.3 Å². The van der Waals surface area contributed by atoms with E-state index in [-0.39, 0.29) is 11.9 Å². The van der Waals surface area contributed by atoms with Gasteiger partial charge in [0, 0.05) is 42.4 Å². The van der Waals surface area contributed by atoms with Crippen LogP contribution in [0.1, 0.15) is 28.9 Å². The van der Waals surface area contributed by atoms with Gasteiger partial charge in [-0.15, -0.1) is 0 Å². The smallest absolute Gasteiger partial charge is 0.224 e. The van der Waals surface area contributed by atoms with E-state index in [0.29, 0.717) is 6.42 Å². The molecule has 0 saturated heterocycles. The quantitative estimate of drug-likeness (QED) is 0.806. The molecule has 1 aliphatic heterocycles. The Hall–Kier alpha value is -2.56. The number of rotatable bonds is 3. The number of nitrogens with one attached hydrogen (secondary N) is 1. The molecule has 0 spiro atoms. The minimum Gasteiger partial charge on any atom is -0.464 e. The number of imidazole rings is 1. The molecule has 1 amide bonds. The lowest BCUT2D eigenvalue weighted by Gasteiger charge is -2.24. The Bertz CT molecular complexity index is 907. The summed E-state index contributed by atoms with van der Waals surface area (Å²) in [7, 11) is 0. The highest BCUT2D eigenvalue weighted by molar-refractivity contribution is 5.88. The van der Waals surface area contributed by atoms with Gasteiger partial charge in [-0.25, -0.2) is 4.98 Å². The Balaban J connectivity index is 1.46. The van der Waals surface area contributed by atoms with E-state index < -0.39 is 0 Å². The molecule has 4 rings (SSSR count). The fourth-order valence-electron chi connectivity index (χ4n) is 3.41. The van der Waals surface area contributed by atoms with Crippen molar-refractivity contribution in [1.82, 2.24) is 14.9 Å². The summed E-state index contributed by atoms with van der Waals surface area (Å²) < 4.78 is 7.74. The maximum Gasteiger partial charge on any atom is 0.224 e. The third-order valence-corrected chi connectivity index (χ3v) is 4.92. The van der Waals surface area contributed by atoms with Gasteiger partial charge in [-0.2, -0.15) is 0 Å². The first-order valence-electron chi connectivity index (χ1n) is 8.37. The van der Waals surface area contributed by atoms with Crippen LogP contribution < -0.4 is 5.32 Å². The number of aromatic nitrogens is 2. The maximum atomic E-state index is 12.4. The van der Waals surface area contributed by atoms with Crippen molar-refractivity contribution in [1.29, 1.82) is 0 Å². The first-order chi connectivity index (χ1) is 11.6. The zero-order valence-corrected chi connectivity index (χ0v) is 14.0. The fourth-order valence-corrected chi connectivity index (χ4v) is 3.41. The van der Waals surface area contributed by atoms with Crippen molar-refractivity contribution in [2.24, 2.45) is 0 Å². The molecule has 124 valence electrons. The molecular formula is C19H21N3O2. The molecule has 0 radical (unpaired) electrons. The molecule has 0 bridgehead atoms. The Kier molecular flexibility index (Phi) is 3.63. The second-order valence-corrected chi connectivity index (χ2v) is 6.67. The molecule has 0 fully saturated rings. The van der Waals surface area contributed by atoms with Crippen molar-refractivity contribution in [3.63, 3.8) is 0 Å². The van der Waals surface area contributed by atoms with Crippen LogP contribution in [0.5, 0.6) is 0 Å². The van der Waals surface area contributed by atoms with Gasteiger partial charge in [0.25, 0.3) is 0 Å². The normalized spacial score (nSPS) is 17.0. The molecule has 3 aromatic rings. The van der Waals surface area contributed by atoms with Crippen LogP contribution >= 0.6 is 0 Å². The maximum absolute atomic E-state index is 12.4. The van der Waals surface area contributed by atoms with Crippen molar-refractivity contribution >= 4 is 16.9 Å². The van der Waals surface area contributed by atoms with E-state index in [9.17, 15) is 4.79 Å². The minimum atomic E-state index is 0.0458. The van der Waals surface area contributed by atoms with Crippen molar-refractivity contribution in [2.75, 3.05) is 0 Å². The summed E-state index contributed by atoms with van der Waals surface area (Å²) in [4.78, 5) is 16.8. The summed E-state index contributed by atoms with van der Waals surface area (Å²) >= 11 is 0. The molecule has 1 aliphatic rings. The molecule has 5 heteroatoms. The zero-order chi connectivity index (χ0) is 16.7. The highest BCUT2D eigenvalue weighted by Gasteiger charge is 2.21. The number of carbonyl (C=O) groups is 1. The summed E-state index contributed by atoms with van der Waals surface area (Å²) in [6.45, 7) is 4.94. The van der Waals surface area contributed by atoms with E-state index in [4.69, 9.17) is 4.42 Å². The van der Waals surface area contributed by atoms with Crippen LogP contribution in [0.4, 0.5) is 0 Å². The first kappa shape index (κ1) is 15.0. The summed E-state index contributed by atoms with van der Waals surface area (Å²) in [5.41, 5.74) is 4.21. The van der Waals surface area contributed by atoms with E-state index >= 15 is 0 Å². The predicted octanol–water partition coefficient (Wildman–Crippen LogP) is 2.92. The van der Waals surface area contributed by atoms with Crippen LogP contribution in [0.3, 0.4) is 0 Å². The lowest BCUT2D eigenvalue weighted by atomic mass is 10.0. The second-order valence-electron chi connectivity index (χ2n) is 6.67. The van der Waals surface area contributed by atoms with Crippen LogP contribution in [0.2, 0.25) is 0 Å². The predicted molar refractivity (Wildman–Crippen MR) is 91.9 cm³/mol. The van der Waals surface area contributed by atoms with Gasteiger partial charge >= 0.3 is 0 Å². The number of hydrogen-bond donors (Lipinski definition) is 1. The van der Waals surface area contributed by atoms with Gasteiger partial charge in [0.2, 0.25) is 5.91 Å². The Morgan fingerprint density at radius 3 is 3.08 bits per heavy atom. The molecular weight excluding hydrogens is 302 g/mol. The molecule has 2 aromatic heterocycles. The number of carbonyl (C=O) groups excluding carboxylic acids is 1. The van der Waals surface area contributed by atoms with Crippen LogP contribution in [-0.2, 0) is 24.2 Å². The summed E-state index contributed by atoms with van der Waals surface area (Å²) in [6, 6.07) is 4.31. The van der Waals surface area contributed by atoms with Crippen molar-refractivity contribution in [2.45, 2.75) is 45.7 Å². The number of amides is 1. The Morgan fingerprint density at radius 2 is 2.21 bits per heavy atom. The average Bonchev–Trinajstić information content (AvgIpc) is 3.15. The number of hydrogen-bond acceptors (Lipinski definition) is 3. The van der Waals surface area contributed by atoms with Gasteiger partial charge < -0.3 is 14.3 Å².